The molecule has 5 nitrogen and oxygen atoms in total. The van der Waals surface area contributed by atoms with E-state index in [1.54, 1.807) is 19.2 Å². The molecule has 5 heteroatoms. The molecule has 20 heavy (non-hydrogen) atoms. The van der Waals surface area contributed by atoms with Crippen molar-refractivity contribution in [2.24, 2.45) is 11.8 Å². The highest BCUT2D eigenvalue weighted by molar-refractivity contribution is 5.62. The van der Waals surface area contributed by atoms with Crippen molar-refractivity contribution in [2.45, 2.75) is 39.2 Å². The first-order valence-electron chi connectivity index (χ1n) is 7.10. The lowest BCUT2D eigenvalue weighted by Gasteiger charge is -2.33. The summed E-state index contributed by atoms with van der Waals surface area (Å²) in [5.74, 6) is 2.08. The second-order valence-corrected chi connectivity index (χ2v) is 5.75. The topological polar surface area (TPSA) is 64.4 Å². The van der Waals surface area contributed by atoms with E-state index in [0.29, 0.717) is 23.4 Å². The first kappa shape index (κ1) is 14.6. The van der Waals surface area contributed by atoms with Crippen molar-refractivity contribution in [3.63, 3.8) is 0 Å². The van der Waals surface area contributed by atoms with Gasteiger partial charge in [-0.2, -0.15) is 0 Å². The van der Waals surface area contributed by atoms with Crippen LogP contribution in [0.15, 0.2) is 18.2 Å². The van der Waals surface area contributed by atoms with Gasteiger partial charge in [0, 0.05) is 18.2 Å². The molecule has 0 heterocycles. The van der Waals surface area contributed by atoms with E-state index in [-0.39, 0.29) is 10.6 Å². The summed E-state index contributed by atoms with van der Waals surface area (Å²) in [4.78, 5) is 10.5. The molecule has 1 aliphatic carbocycles. The number of nitro benzene ring substituents is 1. The van der Waals surface area contributed by atoms with Crippen LogP contribution in [0.2, 0.25) is 0 Å². The van der Waals surface area contributed by atoms with Crippen molar-refractivity contribution in [2.75, 3.05) is 12.4 Å². The monoisotopic (exact) mass is 278 g/mol. The van der Waals surface area contributed by atoms with E-state index in [0.717, 1.165) is 18.8 Å². The Balaban J connectivity index is 2.15. The zero-order chi connectivity index (χ0) is 14.7. The lowest BCUT2D eigenvalue weighted by molar-refractivity contribution is -0.384. The minimum absolute atomic E-state index is 0.0884. The van der Waals surface area contributed by atoms with Gasteiger partial charge in [-0.25, -0.2) is 0 Å². The van der Waals surface area contributed by atoms with Crippen molar-refractivity contribution in [3.05, 3.63) is 28.3 Å². The number of nitrogens with one attached hydrogen (secondary N) is 1. The summed E-state index contributed by atoms with van der Waals surface area (Å²) in [6.45, 7) is 4.55. The van der Waals surface area contributed by atoms with Crippen molar-refractivity contribution >= 4 is 11.4 Å². The van der Waals surface area contributed by atoms with Crippen LogP contribution < -0.4 is 10.1 Å². The van der Waals surface area contributed by atoms with Crippen LogP contribution >= 0.6 is 0 Å². The van der Waals surface area contributed by atoms with Gasteiger partial charge in [0.1, 0.15) is 5.75 Å². The molecule has 1 saturated carbocycles. The second kappa shape index (κ2) is 6.11. The average Bonchev–Trinajstić information content (AvgIpc) is 2.42. The van der Waals surface area contributed by atoms with E-state index >= 15 is 0 Å². The highest BCUT2D eigenvalue weighted by atomic mass is 16.6. The average molecular weight is 278 g/mol. The van der Waals surface area contributed by atoms with Crippen LogP contribution in [0.25, 0.3) is 0 Å². The molecule has 110 valence electrons. The number of nitrogens with zero attached hydrogens (tertiary/aromatic N) is 1. The highest BCUT2D eigenvalue weighted by Crippen LogP contribution is 2.34. The maximum absolute atomic E-state index is 10.9. The Morgan fingerprint density at radius 1 is 1.30 bits per heavy atom. The molecule has 1 N–H and O–H groups in total. The van der Waals surface area contributed by atoms with E-state index in [9.17, 15) is 10.1 Å². The van der Waals surface area contributed by atoms with Gasteiger partial charge < -0.3 is 10.1 Å². The summed E-state index contributed by atoms with van der Waals surface area (Å²) >= 11 is 0. The number of rotatable bonds is 4. The minimum Gasteiger partial charge on any atom is -0.495 e. The molecule has 0 amide bonds. The van der Waals surface area contributed by atoms with Crippen LogP contribution in [0.3, 0.4) is 0 Å². The molecule has 0 aromatic heterocycles. The number of ether oxygens (including phenoxy) is 1. The van der Waals surface area contributed by atoms with Crippen LogP contribution in [0.1, 0.15) is 33.1 Å². The minimum atomic E-state index is -0.379. The van der Waals surface area contributed by atoms with E-state index in [1.807, 2.05) is 0 Å². The Morgan fingerprint density at radius 3 is 2.65 bits per heavy atom. The standard InChI is InChI=1S/C15H22N2O3/c1-10-4-5-12(8-11(10)2)16-14-9-13(17(18)19)6-7-15(14)20-3/h6-7,9-12,16H,4-5,8H2,1-3H3. The second-order valence-electron chi connectivity index (χ2n) is 5.75. The molecule has 2 rings (SSSR count). The van der Waals surface area contributed by atoms with E-state index in [2.05, 4.69) is 19.2 Å². The number of methoxy groups -OCH3 is 1. The van der Waals surface area contributed by atoms with Gasteiger partial charge >= 0.3 is 0 Å². The summed E-state index contributed by atoms with van der Waals surface area (Å²) in [6, 6.07) is 5.03. The van der Waals surface area contributed by atoms with Crippen molar-refractivity contribution < 1.29 is 9.66 Å². The third-order valence-corrected chi connectivity index (χ3v) is 4.35. The summed E-state index contributed by atoms with van der Waals surface area (Å²) in [7, 11) is 1.58. The lowest BCUT2D eigenvalue weighted by Crippen LogP contribution is -2.30. The van der Waals surface area contributed by atoms with Gasteiger partial charge in [0.25, 0.3) is 5.69 Å². The predicted octanol–water partition coefficient (Wildman–Crippen LogP) is 3.84. The SMILES string of the molecule is COc1ccc([N+](=O)[O-])cc1NC1CCC(C)C(C)C1. The Morgan fingerprint density at radius 2 is 2.05 bits per heavy atom. The van der Waals surface area contributed by atoms with Gasteiger partial charge in [-0.3, -0.25) is 10.1 Å². The Hall–Kier alpha value is -1.78. The Bertz CT molecular complexity index is 490. The summed E-state index contributed by atoms with van der Waals surface area (Å²) in [5.41, 5.74) is 0.805. The molecule has 1 aromatic carbocycles. The predicted molar refractivity (Wildman–Crippen MR) is 79.2 cm³/mol. The zero-order valence-corrected chi connectivity index (χ0v) is 12.3. The quantitative estimate of drug-likeness (QED) is 0.671. The van der Waals surface area contributed by atoms with Gasteiger partial charge in [-0.05, 0) is 37.2 Å². The Kier molecular flexibility index (Phi) is 4.47. The number of hydrogen-bond acceptors (Lipinski definition) is 4. The maximum Gasteiger partial charge on any atom is 0.271 e. The number of anilines is 1. The van der Waals surface area contributed by atoms with Gasteiger partial charge in [0.05, 0.1) is 17.7 Å². The first-order chi connectivity index (χ1) is 9.51. The summed E-state index contributed by atoms with van der Waals surface area (Å²) < 4.78 is 5.28. The largest absolute Gasteiger partial charge is 0.495 e. The van der Waals surface area contributed by atoms with Gasteiger partial charge in [0.2, 0.25) is 0 Å². The number of hydrogen-bond donors (Lipinski definition) is 1. The van der Waals surface area contributed by atoms with Crippen LogP contribution in [0, 0.1) is 22.0 Å². The van der Waals surface area contributed by atoms with Crippen molar-refractivity contribution in [3.8, 4) is 5.75 Å². The maximum atomic E-state index is 10.9. The fourth-order valence-corrected chi connectivity index (χ4v) is 2.82. The first-order valence-corrected chi connectivity index (χ1v) is 7.10. The molecule has 0 radical (unpaired) electrons. The van der Waals surface area contributed by atoms with Crippen molar-refractivity contribution in [1.82, 2.24) is 0 Å². The molecule has 0 bridgehead atoms. The van der Waals surface area contributed by atoms with Gasteiger partial charge in [0.15, 0.2) is 0 Å². The summed E-state index contributed by atoms with van der Waals surface area (Å²) in [5, 5.41) is 14.3. The zero-order valence-electron chi connectivity index (χ0n) is 12.3. The fraction of sp³-hybridized carbons (Fsp3) is 0.600. The molecule has 0 saturated heterocycles. The number of benzene rings is 1. The smallest absolute Gasteiger partial charge is 0.271 e. The van der Waals surface area contributed by atoms with Crippen molar-refractivity contribution in [1.29, 1.82) is 0 Å². The van der Waals surface area contributed by atoms with Crippen LogP contribution in [0.5, 0.6) is 5.75 Å². The third kappa shape index (κ3) is 3.21. The molecule has 1 aliphatic rings. The normalized spacial score (nSPS) is 26.1. The van der Waals surface area contributed by atoms with Crippen LogP contribution in [-0.4, -0.2) is 18.1 Å². The van der Waals surface area contributed by atoms with Crippen LogP contribution in [-0.2, 0) is 0 Å². The molecule has 0 aliphatic heterocycles. The molecule has 1 aromatic rings. The van der Waals surface area contributed by atoms with Gasteiger partial charge in [-0.1, -0.05) is 13.8 Å². The van der Waals surface area contributed by atoms with Gasteiger partial charge in [-0.15, -0.1) is 0 Å². The number of non-ortho nitro benzene ring substituents is 1. The Labute approximate surface area is 119 Å². The summed E-state index contributed by atoms with van der Waals surface area (Å²) in [6.07, 6.45) is 3.38. The molecule has 0 spiro atoms. The molecule has 3 atom stereocenters. The number of nitro groups is 1. The van der Waals surface area contributed by atoms with E-state index < -0.39 is 0 Å². The molecule has 3 unspecified atom stereocenters. The fourth-order valence-electron chi connectivity index (χ4n) is 2.82. The van der Waals surface area contributed by atoms with Crippen LogP contribution in [0.4, 0.5) is 11.4 Å². The van der Waals surface area contributed by atoms with E-state index in [4.69, 9.17) is 4.74 Å². The highest BCUT2D eigenvalue weighted by Gasteiger charge is 2.25. The molecular weight excluding hydrogens is 256 g/mol. The lowest BCUT2D eigenvalue weighted by atomic mass is 9.79. The molecular formula is C15H22N2O3. The molecule has 1 fully saturated rings. The third-order valence-electron chi connectivity index (χ3n) is 4.35. The van der Waals surface area contributed by atoms with E-state index in [1.165, 1.54) is 12.5 Å².